The van der Waals surface area contributed by atoms with Gasteiger partial charge in [-0.3, -0.25) is 4.79 Å². The number of fused-ring (bicyclic) bond motifs is 1. The Balaban J connectivity index is 1.82. The van der Waals surface area contributed by atoms with E-state index in [1.54, 1.807) is 12.3 Å². The molecule has 0 N–H and O–H groups in total. The Hall–Kier alpha value is -1.87. The Labute approximate surface area is 116 Å². The number of carbonyl (C=O) groups excluding carboxylic acids is 1. The lowest BCUT2D eigenvalue weighted by atomic mass is 10.0. The normalized spacial score (nSPS) is 14.4. The number of pyridine rings is 1. The van der Waals surface area contributed by atoms with Crippen molar-refractivity contribution in [2.75, 3.05) is 0 Å². The molecule has 0 atom stereocenters. The molecule has 1 aliphatic heterocycles. The molecule has 0 radical (unpaired) electrons. The average molecular weight is 273 g/mol. The lowest BCUT2D eigenvalue weighted by Crippen LogP contribution is -2.35. The maximum absolute atomic E-state index is 12.1. The Bertz CT molecular complexity index is 613. The van der Waals surface area contributed by atoms with Crippen molar-refractivity contribution in [3.8, 4) is 0 Å². The number of hydrogen-bond acceptors (Lipinski definition) is 2. The van der Waals surface area contributed by atoms with Crippen LogP contribution in [0, 0.1) is 0 Å². The SMILES string of the molecule is O=C1Cc2cc(Cl)ncc2CN1Cc1ccccc1. The molecule has 0 bridgehead atoms. The number of hydrogen-bond donors (Lipinski definition) is 0. The standard InChI is InChI=1S/C15H13ClN2O/c16-14-6-12-7-15(19)18(10-13(12)8-17-14)9-11-4-2-1-3-5-11/h1-6,8H,7,9-10H2. The molecular formula is C15H13ClN2O. The van der Waals surface area contributed by atoms with Crippen LogP contribution in [-0.4, -0.2) is 15.8 Å². The number of aromatic nitrogens is 1. The first-order chi connectivity index (χ1) is 9.22. The Kier molecular flexibility index (Phi) is 3.22. The van der Waals surface area contributed by atoms with Gasteiger partial charge in [-0.05, 0) is 22.8 Å². The van der Waals surface area contributed by atoms with Crippen LogP contribution in [0.4, 0.5) is 0 Å². The van der Waals surface area contributed by atoms with E-state index in [1.165, 1.54) is 0 Å². The first-order valence-electron chi connectivity index (χ1n) is 6.17. The van der Waals surface area contributed by atoms with Gasteiger partial charge in [-0.2, -0.15) is 0 Å². The van der Waals surface area contributed by atoms with E-state index >= 15 is 0 Å². The Morgan fingerprint density at radius 3 is 2.79 bits per heavy atom. The highest BCUT2D eigenvalue weighted by Crippen LogP contribution is 2.22. The molecule has 0 spiro atoms. The van der Waals surface area contributed by atoms with Gasteiger partial charge in [-0.15, -0.1) is 0 Å². The lowest BCUT2D eigenvalue weighted by molar-refractivity contribution is -0.132. The van der Waals surface area contributed by atoms with E-state index in [1.807, 2.05) is 35.2 Å². The Morgan fingerprint density at radius 1 is 1.21 bits per heavy atom. The van der Waals surface area contributed by atoms with Gasteiger partial charge in [0.15, 0.2) is 0 Å². The molecule has 1 aromatic carbocycles. The summed E-state index contributed by atoms with van der Waals surface area (Å²) in [7, 11) is 0. The van der Waals surface area contributed by atoms with Crippen molar-refractivity contribution in [2.24, 2.45) is 0 Å². The second kappa shape index (κ2) is 5.02. The molecule has 19 heavy (non-hydrogen) atoms. The fraction of sp³-hybridized carbons (Fsp3) is 0.200. The largest absolute Gasteiger partial charge is 0.334 e. The first-order valence-corrected chi connectivity index (χ1v) is 6.55. The van der Waals surface area contributed by atoms with E-state index in [-0.39, 0.29) is 5.91 Å². The van der Waals surface area contributed by atoms with Crippen LogP contribution in [-0.2, 0) is 24.3 Å². The van der Waals surface area contributed by atoms with Crippen molar-refractivity contribution in [1.29, 1.82) is 0 Å². The second-order valence-corrected chi connectivity index (χ2v) is 5.08. The molecule has 1 aliphatic rings. The minimum absolute atomic E-state index is 0.138. The van der Waals surface area contributed by atoms with Gasteiger partial charge in [0, 0.05) is 19.3 Å². The summed E-state index contributed by atoms with van der Waals surface area (Å²) in [6.07, 6.45) is 2.17. The summed E-state index contributed by atoms with van der Waals surface area (Å²) in [4.78, 5) is 18.1. The van der Waals surface area contributed by atoms with Crippen LogP contribution >= 0.6 is 11.6 Å². The molecule has 1 amide bonds. The van der Waals surface area contributed by atoms with E-state index in [9.17, 15) is 4.79 Å². The van der Waals surface area contributed by atoms with Crippen LogP contribution in [0.5, 0.6) is 0 Å². The van der Waals surface area contributed by atoms with Gasteiger partial charge >= 0.3 is 0 Å². The van der Waals surface area contributed by atoms with Crippen LogP contribution in [0.15, 0.2) is 42.6 Å². The number of rotatable bonds is 2. The van der Waals surface area contributed by atoms with Crippen molar-refractivity contribution in [2.45, 2.75) is 19.5 Å². The van der Waals surface area contributed by atoms with E-state index < -0.39 is 0 Å². The van der Waals surface area contributed by atoms with Crippen LogP contribution in [0.2, 0.25) is 5.15 Å². The predicted octanol–water partition coefficient (Wildman–Crippen LogP) is 2.82. The first kappa shape index (κ1) is 12.2. The van der Waals surface area contributed by atoms with E-state index in [2.05, 4.69) is 4.98 Å². The molecule has 0 fully saturated rings. The number of halogens is 1. The number of nitrogens with zero attached hydrogens (tertiary/aromatic N) is 2. The third-order valence-corrected chi connectivity index (χ3v) is 3.53. The van der Waals surface area contributed by atoms with Crippen LogP contribution in [0.1, 0.15) is 16.7 Å². The van der Waals surface area contributed by atoms with Gasteiger partial charge in [-0.1, -0.05) is 41.9 Å². The number of carbonyl (C=O) groups is 1. The van der Waals surface area contributed by atoms with Crippen molar-refractivity contribution in [3.05, 3.63) is 64.4 Å². The summed E-state index contributed by atoms with van der Waals surface area (Å²) in [6, 6.07) is 11.8. The zero-order valence-corrected chi connectivity index (χ0v) is 11.1. The summed E-state index contributed by atoms with van der Waals surface area (Å²) >= 11 is 5.85. The van der Waals surface area contributed by atoms with E-state index in [4.69, 9.17) is 11.6 Å². The third-order valence-electron chi connectivity index (χ3n) is 3.32. The number of amides is 1. The van der Waals surface area contributed by atoms with Crippen molar-refractivity contribution < 1.29 is 4.79 Å². The van der Waals surface area contributed by atoms with Gasteiger partial charge in [0.2, 0.25) is 5.91 Å². The summed E-state index contributed by atoms with van der Waals surface area (Å²) in [6.45, 7) is 1.25. The molecule has 0 saturated carbocycles. The van der Waals surface area contributed by atoms with Gasteiger partial charge in [0.05, 0.1) is 6.42 Å². The summed E-state index contributed by atoms with van der Waals surface area (Å²) in [5, 5.41) is 0.447. The molecule has 3 nitrogen and oxygen atoms in total. The molecule has 1 aromatic heterocycles. The zero-order chi connectivity index (χ0) is 13.2. The van der Waals surface area contributed by atoms with E-state index in [0.717, 1.165) is 16.7 Å². The van der Waals surface area contributed by atoms with Gasteiger partial charge in [-0.25, -0.2) is 4.98 Å². The highest BCUT2D eigenvalue weighted by molar-refractivity contribution is 6.29. The van der Waals surface area contributed by atoms with Crippen molar-refractivity contribution in [3.63, 3.8) is 0 Å². The van der Waals surface area contributed by atoms with Gasteiger partial charge in [0.25, 0.3) is 0 Å². The van der Waals surface area contributed by atoms with E-state index in [0.29, 0.717) is 24.7 Å². The lowest BCUT2D eigenvalue weighted by Gasteiger charge is -2.28. The minimum atomic E-state index is 0.138. The molecule has 3 rings (SSSR count). The molecule has 96 valence electrons. The molecule has 4 heteroatoms. The summed E-state index contributed by atoms with van der Waals surface area (Å²) in [5.74, 6) is 0.138. The fourth-order valence-corrected chi connectivity index (χ4v) is 2.50. The van der Waals surface area contributed by atoms with Crippen molar-refractivity contribution >= 4 is 17.5 Å². The monoisotopic (exact) mass is 272 g/mol. The predicted molar refractivity (Wildman–Crippen MR) is 73.6 cm³/mol. The van der Waals surface area contributed by atoms with Crippen LogP contribution in [0.25, 0.3) is 0 Å². The fourth-order valence-electron chi connectivity index (χ4n) is 2.32. The van der Waals surface area contributed by atoms with Crippen LogP contribution < -0.4 is 0 Å². The average Bonchev–Trinajstić information content (AvgIpc) is 2.41. The Morgan fingerprint density at radius 2 is 2.00 bits per heavy atom. The highest BCUT2D eigenvalue weighted by atomic mass is 35.5. The molecule has 2 aromatic rings. The summed E-state index contributed by atoms with van der Waals surface area (Å²) in [5.41, 5.74) is 3.22. The summed E-state index contributed by atoms with van der Waals surface area (Å²) < 4.78 is 0. The zero-order valence-electron chi connectivity index (χ0n) is 10.3. The highest BCUT2D eigenvalue weighted by Gasteiger charge is 2.23. The van der Waals surface area contributed by atoms with Crippen molar-refractivity contribution in [1.82, 2.24) is 9.88 Å². The maximum Gasteiger partial charge on any atom is 0.227 e. The number of benzene rings is 1. The van der Waals surface area contributed by atoms with Crippen LogP contribution in [0.3, 0.4) is 0 Å². The molecule has 0 unspecified atom stereocenters. The maximum atomic E-state index is 12.1. The second-order valence-electron chi connectivity index (χ2n) is 4.69. The third kappa shape index (κ3) is 2.61. The smallest absolute Gasteiger partial charge is 0.227 e. The molecular weight excluding hydrogens is 260 g/mol. The molecule has 0 saturated heterocycles. The quantitative estimate of drug-likeness (QED) is 0.788. The molecule has 2 heterocycles. The topological polar surface area (TPSA) is 33.2 Å². The van der Waals surface area contributed by atoms with Gasteiger partial charge in [0.1, 0.15) is 5.15 Å². The minimum Gasteiger partial charge on any atom is -0.334 e. The van der Waals surface area contributed by atoms with Gasteiger partial charge < -0.3 is 4.90 Å². The molecule has 0 aliphatic carbocycles.